The normalized spacial score (nSPS) is 10.5. The molecule has 0 heterocycles. The molecule has 2 aromatic rings. The number of nitrogens with zero attached hydrogens (tertiary/aromatic N) is 1. The maximum absolute atomic E-state index is 13.4. The zero-order chi connectivity index (χ0) is 14.4. The maximum atomic E-state index is 13.4. The fraction of sp³-hybridized carbons (Fsp3) is 0.0667. The number of hydrazone groups is 1. The second-order valence-corrected chi connectivity index (χ2v) is 3.96. The maximum Gasteiger partial charge on any atom is 0.274 e. The average Bonchev–Trinajstić information content (AvgIpc) is 2.48. The molecule has 1 amide bonds. The number of carbonyl (C=O) groups is 1. The molecule has 1 N–H and O–H groups in total. The summed E-state index contributed by atoms with van der Waals surface area (Å²) in [6.07, 6.45) is 1.46. The lowest BCUT2D eigenvalue weighted by atomic mass is 10.2. The molecular weight excluding hydrogens is 259 g/mol. The minimum absolute atomic E-state index is 0.0460. The number of amides is 1. The van der Waals surface area contributed by atoms with Crippen LogP contribution in [0.3, 0.4) is 0 Å². The Hall–Kier alpha value is -2.69. The van der Waals surface area contributed by atoms with Crippen LogP contribution in [-0.2, 0) is 0 Å². The third-order valence-corrected chi connectivity index (χ3v) is 2.59. The van der Waals surface area contributed by atoms with E-state index in [2.05, 4.69) is 10.5 Å². The molecule has 20 heavy (non-hydrogen) atoms. The van der Waals surface area contributed by atoms with Gasteiger partial charge < -0.3 is 4.74 Å². The molecule has 0 aromatic heterocycles. The first-order valence-electron chi connectivity index (χ1n) is 5.92. The third-order valence-electron chi connectivity index (χ3n) is 2.59. The van der Waals surface area contributed by atoms with Crippen LogP contribution in [0.2, 0.25) is 0 Å². The number of methoxy groups -OCH3 is 1. The predicted octanol–water partition coefficient (Wildman–Crippen LogP) is 2.60. The molecule has 0 saturated heterocycles. The van der Waals surface area contributed by atoms with E-state index in [-0.39, 0.29) is 5.56 Å². The van der Waals surface area contributed by atoms with Crippen LogP contribution in [0.5, 0.6) is 5.75 Å². The second-order valence-electron chi connectivity index (χ2n) is 3.96. The lowest BCUT2D eigenvalue weighted by molar-refractivity contribution is 0.0951. The second kappa shape index (κ2) is 6.47. The highest BCUT2D eigenvalue weighted by Crippen LogP contribution is 2.10. The molecule has 0 fully saturated rings. The molecule has 0 saturated carbocycles. The molecule has 2 rings (SSSR count). The standard InChI is InChI=1S/C15H13FN2O2/c1-20-12-6-4-5-11(9-12)10-17-18-15(19)13-7-2-3-8-14(13)16/h2-10H,1H3,(H,18,19)/b17-10+. The Morgan fingerprint density at radius 1 is 1.25 bits per heavy atom. The SMILES string of the molecule is COc1cccc(/C=N/NC(=O)c2ccccc2F)c1. The van der Waals surface area contributed by atoms with Crippen LogP contribution in [0.4, 0.5) is 4.39 Å². The topological polar surface area (TPSA) is 50.7 Å². The molecule has 0 radical (unpaired) electrons. The summed E-state index contributed by atoms with van der Waals surface area (Å²) in [5, 5.41) is 3.79. The minimum Gasteiger partial charge on any atom is -0.497 e. The highest BCUT2D eigenvalue weighted by molar-refractivity contribution is 5.95. The van der Waals surface area contributed by atoms with Gasteiger partial charge in [-0.3, -0.25) is 4.79 Å². The first-order valence-corrected chi connectivity index (χ1v) is 5.92. The van der Waals surface area contributed by atoms with Gasteiger partial charge in [-0.15, -0.1) is 0 Å². The Morgan fingerprint density at radius 3 is 2.80 bits per heavy atom. The van der Waals surface area contributed by atoms with Crippen molar-refractivity contribution in [2.45, 2.75) is 0 Å². The number of carbonyl (C=O) groups excluding carboxylic acids is 1. The van der Waals surface area contributed by atoms with Gasteiger partial charge >= 0.3 is 0 Å². The number of hydrogen-bond donors (Lipinski definition) is 1. The Balaban J connectivity index is 2.03. The van der Waals surface area contributed by atoms with Crippen molar-refractivity contribution in [3.63, 3.8) is 0 Å². The van der Waals surface area contributed by atoms with Crippen molar-refractivity contribution in [3.05, 3.63) is 65.5 Å². The van der Waals surface area contributed by atoms with Gasteiger partial charge in [0.15, 0.2) is 0 Å². The van der Waals surface area contributed by atoms with Crippen molar-refractivity contribution in [1.29, 1.82) is 0 Å². The lowest BCUT2D eigenvalue weighted by Gasteiger charge is -2.01. The van der Waals surface area contributed by atoms with Crippen molar-refractivity contribution in [1.82, 2.24) is 5.43 Å². The van der Waals surface area contributed by atoms with Crippen molar-refractivity contribution in [3.8, 4) is 5.75 Å². The van der Waals surface area contributed by atoms with Crippen LogP contribution >= 0.6 is 0 Å². The van der Waals surface area contributed by atoms with E-state index in [4.69, 9.17) is 4.74 Å². The van der Waals surface area contributed by atoms with Gasteiger partial charge in [-0.2, -0.15) is 5.10 Å². The van der Waals surface area contributed by atoms with E-state index in [1.165, 1.54) is 24.4 Å². The zero-order valence-electron chi connectivity index (χ0n) is 10.8. The third kappa shape index (κ3) is 3.41. The molecule has 0 unspecified atom stereocenters. The molecule has 102 valence electrons. The van der Waals surface area contributed by atoms with Crippen molar-refractivity contribution < 1.29 is 13.9 Å². The van der Waals surface area contributed by atoms with Gasteiger partial charge in [-0.05, 0) is 29.8 Å². The molecule has 0 aliphatic heterocycles. The molecule has 0 aliphatic rings. The van der Waals surface area contributed by atoms with Crippen molar-refractivity contribution in [2.24, 2.45) is 5.10 Å². The van der Waals surface area contributed by atoms with Gasteiger partial charge in [-0.1, -0.05) is 24.3 Å². The molecule has 0 spiro atoms. The quantitative estimate of drug-likeness (QED) is 0.687. The van der Waals surface area contributed by atoms with E-state index in [0.717, 1.165) is 5.56 Å². The van der Waals surface area contributed by atoms with Crippen molar-refractivity contribution >= 4 is 12.1 Å². The van der Waals surface area contributed by atoms with Crippen LogP contribution < -0.4 is 10.2 Å². The summed E-state index contributed by atoms with van der Waals surface area (Å²) in [5.74, 6) is -0.488. The Morgan fingerprint density at radius 2 is 2.05 bits per heavy atom. The molecule has 0 atom stereocenters. The van der Waals surface area contributed by atoms with E-state index in [1.807, 2.05) is 0 Å². The van der Waals surface area contributed by atoms with Crippen LogP contribution in [0.1, 0.15) is 15.9 Å². The number of ether oxygens (including phenoxy) is 1. The number of nitrogens with one attached hydrogen (secondary N) is 1. The average molecular weight is 272 g/mol. The van der Waals surface area contributed by atoms with Gasteiger partial charge in [0, 0.05) is 0 Å². The first kappa shape index (κ1) is 13.7. The van der Waals surface area contributed by atoms with E-state index < -0.39 is 11.7 Å². The number of benzene rings is 2. The smallest absolute Gasteiger partial charge is 0.274 e. The summed E-state index contributed by atoms with van der Waals surface area (Å²) in [5.41, 5.74) is 2.99. The summed E-state index contributed by atoms with van der Waals surface area (Å²) in [6.45, 7) is 0. The lowest BCUT2D eigenvalue weighted by Crippen LogP contribution is -2.18. The summed E-state index contributed by atoms with van der Waals surface area (Å²) in [4.78, 5) is 11.7. The Bertz CT molecular complexity index is 641. The summed E-state index contributed by atoms with van der Waals surface area (Å²) in [6, 6.07) is 12.9. The van der Waals surface area contributed by atoms with Crippen molar-refractivity contribution in [2.75, 3.05) is 7.11 Å². The van der Waals surface area contributed by atoms with E-state index in [9.17, 15) is 9.18 Å². The highest BCUT2D eigenvalue weighted by atomic mass is 19.1. The predicted molar refractivity (Wildman–Crippen MR) is 74.5 cm³/mol. The van der Waals surface area contributed by atoms with E-state index in [0.29, 0.717) is 5.75 Å². The summed E-state index contributed by atoms with van der Waals surface area (Å²) >= 11 is 0. The van der Waals surface area contributed by atoms with Gasteiger partial charge in [0.2, 0.25) is 0 Å². The molecule has 5 heteroatoms. The van der Waals surface area contributed by atoms with Gasteiger partial charge in [-0.25, -0.2) is 9.82 Å². The van der Waals surface area contributed by atoms with Gasteiger partial charge in [0.25, 0.3) is 5.91 Å². The molecule has 0 aliphatic carbocycles. The Labute approximate surface area is 115 Å². The van der Waals surface area contributed by atoms with Crippen LogP contribution in [0.25, 0.3) is 0 Å². The largest absolute Gasteiger partial charge is 0.497 e. The minimum atomic E-state index is -0.595. The number of hydrogen-bond acceptors (Lipinski definition) is 3. The molecule has 0 bridgehead atoms. The molecule has 4 nitrogen and oxygen atoms in total. The fourth-order valence-corrected chi connectivity index (χ4v) is 1.59. The summed E-state index contributed by atoms with van der Waals surface area (Å²) in [7, 11) is 1.57. The van der Waals surface area contributed by atoms with Gasteiger partial charge in [0.05, 0.1) is 18.9 Å². The zero-order valence-corrected chi connectivity index (χ0v) is 10.8. The van der Waals surface area contributed by atoms with E-state index in [1.54, 1.807) is 37.4 Å². The van der Waals surface area contributed by atoms with Crippen LogP contribution in [0.15, 0.2) is 53.6 Å². The highest BCUT2D eigenvalue weighted by Gasteiger charge is 2.08. The van der Waals surface area contributed by atoms with Crippen LogP contribution in [0, 0.1) is 5.82 Å². The first-order chi connectivity index (χ1) is 9.70. The number of halogens is 1. The monoisotopic (exact) mass is 272 g/mol. The Kier molecular flexibility index (Phi) is 4.44. The fourth-order valence-electron chi connectivity index (χ4n) is 1.59. The summed E-state index contributed by atoms with van der Waals surface area (Å²) < 4.78 is 18.4. The van der Waals surface area contributed by atoms with E-state index >= 15 is 0 Å². The van der Waals surface area contributed by atoms with Crippen LogP contribution in [-0.4, -0.2) is 19.2 Å². The molecule has 2 aromatic carbocycles. The van der Waals surface area contributed by atoms with Gasteiger partial charge in [0.1, 0.15) is 11.6 Å². The number of rotatable bonds is 4. The molecular formula is C15H13FN2O2.